The SMILES string of the molecule is CCc1nnc(NC(=O)c2ccc(S(=O)(=O)CC)c(C3=NOC(COC)C3)c2Cl)o1. The summed E-state index contributed by atoms with van der Waals surface area (Å²) in [6.45, 7) is 3.63. The number of oxime groups is 1. The van der Waals surface area contributed by atoms with Crippen LogP contribution in [0.25, 0.3) is 0 Å². The molecule has 0 spiro atoms. The second-order valence-corrected chi connectivity index (χ2v) is 9.06. The highest BCUT2D eigenvalue weighted by molar-refractivity contribution is 7.91. The number of amides is 1. The van der Waals surface area contributed by atoms with Gasteiger partial charge in [0.2, 0.25) is 5.89 Å². The van der Waals surface area contributed by atoms with Crippen molar-refractivity contribution >= 4 is 39.1 Å². The lowest BCUT2D eigenvalue weighted by atomic mass is 10.0. The fourth-order valence-corrected chi connectivity index (χ4v) is 4.41. The number of halogens is 1. The highest BCUT2D eigenvalue weighted by Gasteiger charge is 2.31. The number of hydrogen-bond acceptors (Lipinski definition) is 9. The van der Waals surface area contributed by atoms with Gasteiger partial charge in [0.15, 0.2) is 15.9 Å². The van der Waals surface area contributed by atoms with Gasteiger partial charge < -0.3 is 14.0 Å². The number of aryl methyl sites for hydroxylation is 1. The average molecular weight is 457 g/mol. The molecular weight excluding hydrogens is 436 g/mol. The van der Waals surface area contributed by atoms with E-state index in [1.165, 1.54) is 26.2 Å². The lowest BCUT2D eigenvalue weighted by Gasteiger charge is -2.14. The maximum Gasteiger partial charge on any atom is 0.322 e. The maximum absolute atomic E-state index is 12.7. The first-order valence-corrected chi connectivity index (χ1v) is 11.2. The Morgan fingerprint density at radius 3 is 2.73 bits per heavy atom. The van der Waals surface area contributed by atoms with Crippen molar-refractivity contribution in [3.63, 3.8) is 0 Å². The quantitative estimate of drug-likeness (QED) is 0.640. The molecule has 30 heavy (non-hydrogen) atoms. The Bertz CT molecular complexity index is 1080. The van der Waals surface area contributed by atoms with E-state index in [2.05, 4.69) is 20.7 Å². The summed E-state index contributed by atoms with van der Waals surface area (Å²) in [5.74, 6) is -0.400. The Kier molecular flexibility index (Phi) is 6.74. The van der Waals surface area contributed by atoms with Gasteiger partial charge in [0, 0.05) is 25.5 Å². The number of nitrogens with one attached hydrogen (secondary N) is 1. The fraction of sp³-hybridized carbons (Fsp3) is 0.444. The van der Waals surface area contributed by atoms with Gasteiger partial charge in [-0.05, 0) is 12.1 Å². The van der Waals surface area contributed by atoms with Crippen LogP contribution in [0.15, 0.2) is 26.6 Å². The molecule has 1 atom stereocenters. The van der Waals surface area contributed by atoms with Gasteiger partial charge in [-0.2, -0.15) is 0 Å². The van der Waals surface area contributed by atoms with E-state index in [4.69, 9.17) is 25.6 Å². The van der Waals surface area contributed by atoms with Gasteiger partial charge in [-0.3, -0.25) is 10.1 Å². The molecule has 1 aromatic heterocycles. The van der Waals surface area contributed by atoms with E-state index in [1.807, 2.05) is 6.92 Å². The summed E-state index contributed by atoms with van der Waals surface area (Å²) in [5, 5.41) is 13.9. The molecule has 0 saturated heterocycles. The third kappa shape index (κ3) is 4.47. The Morgan fingerprint density at radius 1 is 1.33 bits per heavy atom. The van der Waals surface area contributed by atoms with E-state index < -0.39 is 15.7 Å². The van der Waals surface area contributed by atoms with Crippen molar-refractivity contribution < 1.29 is 27.2 Å². The van der Waals surface area contributed by atoms with Crippen LogP contribution in [0, 0.1) is 0 Å². The first-order valence-electron chi connectivity index (χ1n) is 9.21. The first-order chi connectivity index (χ1) is 14.3. The van der Waals surface area contributed by atoms with Gasteiger partial charge >= 0.3 is 6.01 Å². The molecule has 3 rings (SSSR count). The zero-order valence-electron chi connectivity index (χ0n) is 16.6. The van der Waals surface area contributed by atoms with Crippen molar-refractivity contribution in [2.24, 2.45) is 5.16 Å². The van der Waals surface area contributed by atoms with Crippen LogP contribution in [0.1, 0.15) is 42.1 Å². The minimum atomic E-state index is -3.64. The first kappa shape index (κ1) is 22.2. The van der Waals surface area contributed by atoms with Crippen molar-refractivity contribution in [2.75, 3.05) is 24.8 Å². The van der Waals surface area contributed by atoms with Crippen LogP contribution in [0.5, 0.6) is 0 Å². The molecule has 10 nitrogen and oxygen atoms in total. The summed E-state index contributed by atoms with van der Waals surface area (Å²) in [4.78, 5) is 18.0. The van der Waals surface area contributed by atoms with E-state index in [0.717, 1.165) is 0 Å². The number of ether oxygens (including phenoxy) is 1. The lowest BCUT2D eigenvalue weighted by molar-refractivity contribution is 0.0208. The fourth-order valence-electron chi connectivity index (χ4n) is 2.88. The van der Waals surface area contributed by atoms with Crippen molar-refractivity contribution in [3.8, 4) is 0 Å². The number of rotatable bonds is 8. The Balaban J connectivity index is 2.01. The molecule has 1 N–H and O–H groups in total. The van der Waals surface area contributed by atoms with Crippen LogP contribution in [0.2, 0.25) is 5.02 Å². The third-order valence-corrected chi connectivity index (χ3v) is 6.59. The van der Waals surface area contributed by atoms with E-state index in [1.54, 1.807) is 0 Å². The van der Waals surface area contributed by atoms with Crippen LogP contribution in [0.4, 0.5) is 6.01 Å². The number of carbonyl (C=O) groups excluding carboxylic acids is 1. The van der Waals surface area contributed by atoms with Crippen LogP contribution in [-0.2, 0) is 25.8 Å². The lowest BCUT2D eigenvalue weighted by Crippen LogP contribution is -2.19. The number of benzene rings is 1. The van der Waals surface area contributed by atoms with Gasteiger partial charge in [0.05, 0.1) is 33.6 Å². The Labute approximate surface area is 178 Å². The smallest absolute Gasteiger partial charge is 0.322 e. The molecule has 1 amide bonds. The predicted molar refractivity (Wildman–Crippen MR) is 109 cm³/mol. The summed E-state index contributed by atoms with van der Waals surface area (Å²) >= 11 is 6.52. The third-order valence-electron chi connectivity index (χ3n) is 4.43. The topological polar surface area (TPSA) is 133 Å². The Hall–Kier alpha value is -2.50. The number of carbonyl (C=O) groups is 1. The molecular formula is C18H21ClN4O6S. The molecule has 0 bridgehead atoms. The molecule has 2 heterocycles. The average Bonchev–Trinajstić information content (AvgIpc) is 3.37. The van der Waals surface area contributed by atoms with Crippen molar-refractivity contribution in [3.05, 3.63) is 34.2 Å². The van der Waals surface area contributed by atoms with Crippen LogP contribution < -0.4 is 5.32 Å². The number of methoxy groups -OCH3 is 1. The number of nitrogens with zero attached hydrogens (tertiary/aromatic N) is 3. The minimum absolute atomic E-state index is 0.0157. The molecule has 0 saturated carbocycles. The highest BCUT2D eigenvalue weighted by atomic mass is 35.5. The van der Waals surface area contributed by atoms with Gasteiger partial charge in [-0.15, -0.1) is 5.10 Å². The highest BCUT2D eigenvalue weighted by Crippen LogP contribution is 2.33. The van der Waals surface area contributed by atoms with Gasteiger partial charge in [-0.25, -0.2) is 8.42 Å². The molecule has 0 fully saturated rings. The molecule has 1 aliphatic rings. The van der Waals surface area contributed by atoms with Crippen molar-refractivity contribution in [1.29, 1.82) is 0 Å². The van der Waals surface area contributed by atoms with Gasteiger partial charge in [0.1, 0.15) is 0 Å². The van der Waals surface area contributed by atoms with Crippen LogP contribution >= 0.6 is 11.6 Å². The standard InChI is InChI=1S/C18H21ClN4O6S/c1-4-14-21-22-18(28-14)20-17(24)11-6-7-13(30(25,26)5-2)15(16(11)19)12-8-10(9-27-3)29-23-12/h6-7,10H,4-5,8-9H2,1-3H3,(H,20,22,24). The van der Waals surface area contributed by atoms with E-state index in [-0.39, 0.29) is 51.9 Å². The molecule has 1 aliphatic heterocycles. The van der Waals surface area contributed by atoms with Crippen LogP contribution in [-0.4, -0.2) is 55.8 Å². The Morgan fingerprint density at radius 2 is 2.10 bits per heavy atom. The second-order valence-electron chi connectivity index (χ2n) is 6.44. The van der Waals surface area contributed by atoms with Crippen molar-refractivity contribution in [1.82, 2.24) is 10.2 Å². The summed E-state index contributed by atoms with van der Waals surface area (Å²) < 4.78 is 35.6. The van der Waals surface area contributed by atoms with Crippen LogP contribution in [0.3, 0.4) is 0 Å². The van der Waals surface area contributed by atoms with E-state index in [9.17, 15) is 13.2 Å². The molecule has 1 unspecified atom stereocenters. The summed E-state index contributed by atoms with van der Waals surface area (Å²) in [6.07, 6.45) is 0.426. The molecule has 12 heteroatoms. The number of anilines is 1. The molecule has 2 aromatic rings. The van der Waals surface area contributed by atoms with E-state index >= 15 is 0 Å². The molecule has 0 radical (unpaired) electrons. The molecule has 0 aliphatic carbocycles. The van der Waals surface area contributed by atoms with Gasteiger partial charge in [0.25, 0.3) is 5.91 Å². The zero-order valence-corrected chi connectivity index (χ0v) is 18.2. The predicted octanol–water partition coefficient (Wildman–Crippen LogP) is 2.47. The summed E-state index contributed by atoms with van der Waals surface area (Å²) in [6, 6.07) is 2.59. The molecule has 162 valence electrons. The normalized spacial score (nSPS) is 16.3. The van der Waals surface area contributed by atoms with Gasteiger partial charge in [-0.1, -0.05) is 35.7 Å². The number of aromatic nitrogens is 2. The van der Waals surface area contributed by atoms with Crippen molar-refractivity contribution in [2.45, 2.75) is 37.7 Å². The largest absolute Gasteiger partial charge is 0.408 e. The van der Waals surface area contributed by atoms with E-state index in [0.29, 0.717) is 18.0 Å². The summed E-state index contributed by atoms with van der Waals surface area (Å²) in [5.41, 5.74) is 0.509. The summed E-state index contributed by atoms with van der Waals surface area (Å²) in [7, 11) is -2.12. The minimum Gasteiger partial charge on any atom is -0.408 e. The maximum atomic E-state index is 12.7. The monoisotopic (exact) mass is 456 g/mol. The number of hydrogen-bond donors (Lipinski definition) is 1. The second kappa shape index (κ2) is 9.11. The zero-order chi connectivity index (χ0) is 21.9. The number of sulfone groups is 1. The molecule has 1 aromatic carbocycles.